The maximum atomic E-state index is 13.2. The van der Waals surface area contributed by atoms with Gasteiger partial charge in [0.05, 0.1) is 12.3 Å². The summed E-state index contributed by atoms with van der Waals surface area (Å²) in [6.45, 7) is 2.04. The van der Waals surface area contributed by atoms with E-state index in [1.807, 2.05) is 26.1 Å². The Labute approximate surface area is 116 Å². The number of nitrogens with one attached hydrogen (secondary N) is 1. The zero-order chi connectivity index (χ0) is 14.1. The fourth-order valence-electron chi connectivity index (χ4n) is 2.52. The fraction of sp³-hybridized carbons (Fsp3) is 0.250. The summed E-state index contributed by atoms with van der Waals surface area (Å²) in [5.74, 6) is 1.42. The minimum Gasteiger partial charge on any atom is -0.469 e. The van der Waals surface area contributed by atoms with Crippen LogP contribution >= 0.6 is 0 Å². The van der Waals surface area contributed by atoms with E-state index >= 15 is 0 Å². The second kappa shape index (κ2) is 5.13. The molecule has 1 atom stereocenters. The number of benzene rings is 1. The van der Waals surface area contributed by atoms with Gasteiger partial charge in [-0.25, -0.2) is 4.39 Å². The van der Waals surface area contributed by atoms with Crippen LogP contribution in [0.4, 0.5) is 4.39 Å². The number of hydrogen-bond acceptors (Lipinski definition) is 3. The van der Waals surface area contributed by atoms with E-state index in [9.17, 15) is 4.39 Å². The standard InChI is InChI=1S/C16H16FNO2/c1-3-13-12(6-7-19-13)16(18-2)15-9-10-8-11(17)4-5-14(10)20-15/h4-9,16,18H,3H2,1-2H3. The molecule has 0 amide bonds. The van der Waals surface area contributed by atoms with E-state index in [1.54, 1.807) is 12.3 Å². The van der Waals surface area contributed by atoms with Crippen molar-refractivity contribution in [1.82, 2.24) is 5.32 Å². The quantitative estimate of drug-likeness (QED) is 0.779. The molecule has 0 aliphatic heterocycles. The van der Waals surface area contributed by atoms with E-state index in [2.05, 4.69) is 5.32 Å². The van der Waals surface area contributed by atoms with Crippen molar-refractivity contribution in [3.63, 3.8) is 0 Å². The summed E-state index contributed by atoms with van der Waals surface area (Å²) in [6, 6.07) is 8.24. The van der Waals surface area contributed by atoms with Crippen LogP contribution in [-0.4, -0.2) is 7.05 Å². The number of furan rings is 2. The highest BCUT2D eigenvalue weighted by molar-refractivity contribution is 5.78. The Bertz CT molecular complexity index is 729. The van der Waals surface area contributed by atoms with Crippen molar-refractivity contribution in [1.29, 1.82) is 0 Å². The van der Waals surface area contributed by atoms with Gasteiger partial charge in [0.15, 0.2) is 0 Å². The van der Waals surface area contributed by atoms with E-state index in [1.165, 1.54) is 12.1 Å². The molecule has 1 aromatic carbocycles. The van der Waals surface area contributed by atoms with Crippen LogP contribution in [0.5, 0.6) is 0 Å². The van der Waals surface area contributed by atoms with Crippen LogP contribution in [0.3, 0.4) is 0 Å². The molecule has 0 aliphatic rings. The van der Waals surface area contributed by atoms with Gasteiger partial charge >= 0.3 is 0 Å². The molecule has 0 spiro atoms. The molecule has 0 saturated heterocycles. The first-order chi connectivity index (χ1) is 9.72. The summed E-state index contributed by atoms with van der Waals surface area (Å²) in [5.41, 5.74) is 1.73. The van der Waals surface area contributed by atoms with Crippen molar-refractivity contribution in [3.05, 3.63) is 59.5 Å². The van der Waals surface area contributed by atoms with E-state index in [0.717, 1.165) is 28.9 Å². The summed E-state index contributed by atoms with van der Waals surface area (Å²) in [5, 5.41) is 3.99. The molecule has 1 N–H and O–H groups in total. The smallest absolute Gasteiger partial charge is 0.134 e. The van der Waals surface area contributed by atoms with Crippen LogP contribution in [-0.2, 0) is 6.42 Å². The maximum Gasteiger partial charge on any atom is 0.134 e. The van der Waals surface area contributed by atoms with Crippen molar-refractivity contribution in [2.45, 2.75) is 19.4 Å². The molecule has 1 unspecified atom stereocenters. The maximum absolute atomic E-state index is 13.2. The lowest BCUT2D eigenvalue weighted by atomic mass is 10.0. The highest BCUT2D eigenvalue weighted by atomic mass is 19.1. The topological polar surface area (TPSA) is 38.3 Å². The second-order valence-corrected chi connectivity index (χ2v) is 4.71. The molecule has 3 rings (SSSR count). The van der Waals surface area contributed by atoms with E-state index in [0.29, 0.717) is 5.58 Å². The first-order valence-electron chi connectivity index (χ1n) is 6.65. The zero-order valence-electron chi connectivity index (χ0n) is 11.4. The molecule has 0 aliphatic carbocycles. The molecule has 0 saturated carbocycles. The Hall–Kier alpha value is -2.07. The van der Waals surface area contributed by atoms with Crippen molar-refractivity contribution >= 4 is 11.0 Å². The van der Waals surface area contributed by atoms with Crippen LogP contribution in [0.1, 0.15) is 30.0 Å². The molecule has 3 nitrogen and oxygen atoms in total. The van der Waals surface area contributed by atoms with Crippen molar-refractivity contribution in [3.8, 4) is 0 Å². The van der Waals surface area contributed by atoms with Crippen LogP contribution < -0.4 is 5.32 Å². The summed E-state index contributed by atoms with van der Waals surface area (Å²) in [7, 11) is 1.87. The van der Waals surface area contributed by atoms with E-state index in [4.69, 9.17) is 8.83 Å². The molecule has 4 heteroatoms. The van der Waals surface area contributed by atoms with Gasteiger partial charge in [-0.15, -0.1) is 0 Å². The van der Waals surface area contributed by atoms with Gasteiger partial charge in [-0.3, -0.25) is 0 Å². The Morgan fingerprint density at radius 3 is 2.85 bits per heavy atom. The third kappa shape index (κ3) is 2.12. The van der Waals surface area contributed by atoms with Crippen LogP contribution in [0.15, 0.2) is 45.4 Å². The third-order valence-electron chi connectivity index (χ3n) is 3.48. The SMILES string of the molecule is CCc1occc1C(NC)c1cc2cc(F)ccc2o1. The molecule has 104 valence electrons. The highest BCUT2D eigenvalue weighted by Gasteiger charge is 2.21. The number of rotatable bonds is 4. The lowest BCUT2D eigenvalue weighted by molar-refractivity contribution is 0.471. The number of aryl methyl sites for hydroxylation is 1. The summed E-state index contributed by atoms with van der Waals surface area (Å²) >= 11 is 0. The average molecular weight is 273 g/mol. The number of hydrogen-bond donors (Lipinski definition) is 1. The molecule has 20 heavy (non-hydrogen) atoms. The highest BCUT2D eigenvalue weighted by Crippen LogP contribution is 2.30. The van der Waals surface area contributed by atoms with Crippen molar-refractivity contribution < 1.29 is 13.2 Å². The number of fused-ring (bicyclic) bond motifs is 1. The van der Waals surface area contributed by atoms with Gasteiger partial charge in [-0.2, -0.15) is 0 Å². The van der Waals surface area contributed by atoms with Crippen LogP contribution in [0.25, 0.3) is 11.0 Å². The van der Waals surface area contributed by atoms with Gasteiger partial charge < -0.3 is 14.2 Å². The Morgan fingerprint density at radius 2 is 2.10 bits per heavy atom. The molecular formula is C16H16FNO2. The van der Waals surface area contributed by atoms with Crippen LogP contribution in [0, 0.1) is 5.82 Å². The Morgan fingerprint density at radius 1 is 1.25 bits per heavy atom. The van der Waals surface area contributed by atoms with Gasteiger partial charge in [0.1, 0.15) is 22.9 Å². The normalized spacial score (nSPS) is 12.9. The Kier molecular flexibility index (Phi) is 3.32. The van der Waals surface area contributed by atoms with Crippen LogP contribution in [0.2, 0.25) is 0 Å². The van der Waals surface area contributed by atoms with Crippen molar-refractivity contribution in [2.24, 2.45) is 0 Å². The van der Waals surface area contributed by atoms with Gasteiger partial charge in [-0.05, 0) is 37.4 Å². The summed E-state index contributed by atoms with van der Waals surface area (Å²) in [6.07, 6.45) is 2.50. The van der Waals surface area contributed by atoms with Gasteiger partial charge in [-0.1, -0.05) is 6.92 Å². The van der Waals surface area contributed by atoms with Crippen molar-refractivity contribution in [2.75, 3.05) is 7.05 Å². The largest absolute Gasteiger partial charge is 0.469 e. The van der Waals surface area contributed by atoms with Gasteiger partial charge in [0, 0.05) is 17.4 Å². The fourth-order valence-corrected chi connectivity index (χ4v) is 2.52. The van der Waals surface area contributed by atoms with Gasteiger partial charge in [0.25, 0.3) is 0 Å². The number of halogens is 1. The second-order valence-electron chi connectivity index (χ2n) is 4.71. The molecule has 0 radical (unpaired) electrons. The average Bonchev–Trinajstić information content (AvgIpc) is 3.05. The Balaban J connectivity index is 2.07. The summed E-state index contributed by atoms with van der Waals surface area (Å²) < 4.78 is 24.5. The van der Waals surface area contributed by atoms with Gasteiger partial charge in [0.2, 0.25) is 0 Å². The first-order valence-corrected chi connectivity index (χ1v) is 6.65. The summed E-state index contributed by atoms with van der Waals surface area (Å²) in [4.78, 5) is 0. The molecule has 2 heterocycles. The molecule has 3 aromatic rings. The predicted molar refractivity (Wildman–Crippen MR) is 75.2 cm³/mol. The minimum absolute atomic E-state index is 0.0980. The molecule has 0 bridgehead atoms. The minimum atomic E-state index is -0.261. The lowest BCUT2D eigenvalue weighted by Crippen LogP contribution is -2.17. The monoisotopic (exact) mass is 273 g/mol. The van der Waals surface area contributed by atoms with E-state index < -0.39 is 0 Å². The molecular weight excluding hydrogens is 257 g/mol. The molecule has 2 aromatic heterocycles. The predicted octanol–water partition coefficient (Wildman–Crippen LogP) is 4.04. The first kappa shape index (κ1) is 12.9. The zero-order valence-corrected chi connectivity index (χ0v) is 11.4. The third-order valence-corrected chi connectivity index (χ3v) is 3.48. The molecule has 0 fully saturated rings. The lowest BCUT2D eigenvalue weighted by Gasteiger charge is -2.13. The van der Waals surface area contributed by atoms with E-state index in [-0.39, 0.29) is 11.9 Å².